The number of nitrogens with one attached hydrogen (secondary N) is 2. The lowest BCUT2D eigenvalue weighted by Gasteiger charge is -2.10. The quantitative estimate of drug-likeness (QED) is 0.818. The molecule has 0 amide bonds. The zero-order chi connectivity index (χ0) is 14.5. The van der Waals surface area contributed by atoms with E-state index in [1.165, 1.54) is 18.4 Å². The summed E-state index contributed by atoms with van der Waals surface area (Å²) in [6.45, 7) is 3.75. The van der Waals surface area contributed by atoms with E-state index in [0.717, 1.165) is 37.0 Å². The molecular weight excluding hydrogens is 262 g/mol. The Labute approximate surface area is 125 Å². The summed E-state index contributed by atoms with van der Waals surface area (Å²) in [7, 11) is 0. The Kier molecular flexibility index (Phi) is 4.28. The topological polar surface area (TPSA) is 62.7 Å². The van der Waals surface area contributed by atoms with Gasteiger partial charge < -0.3 is 10.6 Å². The summed E-state index contributed by atoms with van der Waals surface area (Å²) in [6, 6.07) is 6.17. The van der Waals surface area contributed by atoms with Crippen LogP contribution in [-0.2, 0) is 6.42 Å². The maximum Gasteiger partial charge on any atom is 0.224 e. The maximum absolute atomic E-state index is 4.58. The van der Waals surface area contributed by atoms with Gasteiger partial charge in [-0.3, -0.25) is 4.98 Å². The molecule has 2 heterocycles. The highest BCUT2D eigenvalue weighted by Crippen LogP contribution is 2.39. The largest absolute Gasteiger partial charge is 0.370 e. The third kappa shape index (κ3) is 3.90. The summed E-state index contributed by atoms with van der Waals surface area (Å²) in [5, 5.41) is 6.61. The first-order valence-corrected chi connectivity index (χ1v) is 7.61. The molecule has 0 bridgehead atoms. The van der Waals surface area contributed by atoms with Gasteiger partial charge in [0.05, 0.1) is 5.69 Å². The number of pyridine rings is 1. The van der Waals surface area contributed by atoms with Crippen molar-refractivity contribution in [3.05, 3.63) is 41.9 Å². The van der Waals surface area contributed by atoms with Crippen LogP contribution in [0.1, 0.15) is 36.9 Å². The molecule has 1 aliphatic rings. The highest BCUT2D eigenvalue weighted by molar-refractivity contribution is 5.44. The van der Waals surface area contributed by atoms with Gasteiger partial charge in [-0.1, -0.05) is 0 Å². The minimum Gasteiger partial charge on any atom is -0.370 e. The van der Waals surface area contributed by atoms with Crippen LogP contribution in [-0.4, -0.2) is 28.0 Å². The molecule has 3 rings (SSSR count). The molecule has 1 saturated carbocycles. The molecule has 0 aliphatic heterocycles. The van der Waals surface area contributed by atoms with Crippen molar-refractivity contribution in [3.63, 3.8) is 0 Å². The second-order valence-corrected chi connectivity index (χ2v) is 5.34. The summed E-state index contributed by atoms with van der Waals surface area (Å²) < 4.78 is 0. The number of hydrogen-bond donors (Lipinski definition) is 2. The summed E-state index contributed by atoms with van der Waals surface area (Å²) in [4.78, 5) is 13.1. The minimum absolute atomic E-state index is 0.631. The Hall–Kier alpha value is -2.17. The van der Waals surface area contributed by atoms with E-state index in [2.05, 4.69) is 38.6 Å². The van der Waals surface area contributed by atoms with Gasteiger partial charge in [0.15, 0.2) is 0 Å². The van der Waals surface area contributed by atoms with Crippen LogP contribution >= 0.6 is 0 Å². The molecule has 5 nitrogen and oxygen atoms in total. The van der Waals surface area contributed by atoms with Gasteiger partial charge >= 0.3 is 0 Å². The van der Waals surface area contributed by atoms with E-state index in [1.54, 1.807) is 0 Å². The Morgan fingerprint density at radius 2 is 1.95 bits per heavy atom. The van der Waals surface area contributed by atoms with Gasteiger partial charge in [-0.2, -0.15) is 4.98 Å². The van der Waals surface area contributed by atoms with Crippen LogP contribution in [0, 0.1) is 0 Å². The van der Waals surface area contributed by atoms with Gasteiger partial charge in [0.25, 0.3) is 0 Å². The number of aromatic nitrogens is 3. The average Bonchev–Trinajstić information content (AvgIpc) is 3.33. The fourth-order valence-electron chi connectivity index (χ4n) is 2.27. The van der Waals surface area contributed by atoms with Crippen molar-refractivity contribution in [1.29, 1.82) is 0 Å². The monoisotopic (exact) mass is 283 g/mol. The first-order chi connectivity index (χ1) is 10.3. The van der Waals surface area contributed by atoms with Crippen molar-refractivity contribution >= 4 is 11.8 Å². The molecule has 2 aromatic heterocycles. The molecular formula is C16H21N5. The number of rotatable bonds is 7. The number of anilines is 2. The van der Waals surface area contributed by atoms with Crippen molar-refractivity contribution < 1.29 is 0 Å². The molecule has 2 aromatic rings. The smallest absolute Gasteiger partial charge is 0.224 e. The zero-order valence-electron chi connectivity index (χ0n) is 12.3. The van der Waals surface area contributed by atoms with Gasteiger partial charge in [0, 0.05) is 37.5 Å². The van der Waals surface area contributed by atoms with Crippen LogP contribution in [0.3, 0.4) is 0 Å². The van der Waals surface area contributed by atoms with Crippen molar-refractivity contribution in [2.45, 2.75) is 32.1 Å². The molecule has 110 valence electrons. The van der Waals surface area contributed by atoms with Gasteiger partial charge in [0.1, 0.15) is 5.82 Å². The van der Waals surface area contributed by atoms with Gasteiger partial charge in [-0.05, 0) is 43.9 Å². The van der Waals surface area contributed by atoms with E-state index in [0.29, 0.717) is 5.92 Å². The minimum atomic E-state index is 0.631. The third-order valence-electron chi connectivity index (χ3n) is 3.55. The molecule has 5 heteroatoms. The average molecular weight is 283 g/mol. The van der Waals surface area contributed by atoms with E-state index in [9.17, 15) is 0 Å². The van der Waals surface area contributed by atoms with Crippen LogP contribution in [0.25, 0.3) is 0 Å². The van der Waals surface area contributed by atoms with Gasteiger partial charge in [-0.15, -0.1) is 0 Å². The van der Waals surface area contributed by atoms with Crippen molar-refractivity contribution in [2.24, 2.45) is 0 Å². The van der Waals surface area contributed by atoms with E-state index < -0.39 is 0 Å². The Bertz CT molecular complexity index is 580. The molecule has 2 N–H and O–H groups in total. The highest BCUT2D eigenvalue weighted by Gasteiger charge is 2.26. The maximum atomic E-state index is 4.58. The van der Waals surface area contributed by atoms with Crippen molar-refractivity contribution in [3.8, 4) is 0 Å². The van der Waals surface area contributed by atoms with Crippen LogP contribution in [0.4, 0.5) is 11.8 Å². The predicted octanol–water partition coefficient (Wildman–Crippen LogP) is 2.84. The van der Waals surface area contributed by atoms with Crippen molar-refractivity contribution in [1.82, 2.24) is 15.0 Å². The first kappa shape index (κ1) is 13.8. The van der Waals surface area contributed by atoms with E-state index >= 15 is 0 Å². The lowest BCUT2D eigenvalue weighted by atomic mass is 10.2. The van der Waals surface area contributed by atoms with E-state index in [4.69, 9.17) is 0 Å². The van der Waals surface area contributed by atoms with Crippen molar-refractivity contribution in [2.75, 3.05) is 23.7 Å². The normalized spacial score (nSPS) is 14.0. The SMILES string of the molecule is CCNc1nc(NCCc2ccncc2)cc(C2CC2)n1. The van der Waals surface area contributed by atoms with Crippen LogP contribution < -0.4 is 10.6 Å². The van der Waals surface area contributed by atoms with E-state index in [1.807, 2.05) is 24.5 Å². The molecule has 0 spiro atoms. The highest BCUT2D eigenvalue weighted by atomic mass is 15.1. The van der Waals surface area contributed by atoms with Gasteiger partial charge in [-0.25, -0.2) is 4.98 Å². The Morgan fingerprint density at radius 1 is 1.14 bits per heavy atom. The lowest BCUT2D eigenvalue weighted by molar-refractivity contribution is 0.953. The van der Waals surface area contributed by atoms with E-state index in [-0.39, 0.29) is 0 Å². The molecule has 1 fully saturated rings. The zero-order valence-corrected chi connectivity index (χ0v) is 12.3. The number of hydrogen-bond acceptors (Lipinski definition) is 5. The molecule has 0 saturated heterocycles. The Balaban J connectivity index is 1.63. The second kappa shape index (κ2) is 6.52. The molecule has 0 aromatic carbocycles. The molecule has 0 atom stereocenters. The molecule has 0 radical (unpaired) electrons. The van der Waals surface area contributed by atoms with Crippen LogP contribution in [0.5, 0.6) is 0 Å². The summed E-state index contributed by atoms with van der Waals surface area (Å²) >= 11 is 0. The standard InChI is InChI=1S/C16H21N5/c1-2-18-16-20-14(13-3-4-13)11-15(21-16)19-10-7-12-5-8-17-9-6-12/h5-6,8-9,11,13H,2-4,7,10H2,1H3,(H2,18,19,20,21). The molecule has 1 aliphatic carbocycles. The third-order valence-corrected chi connectivity index (χ3v) is 3.55. The number of nitrogens with zero attached hydrogens (tertiary/aromatic N) is 3. The lowest BCUT2D eigenvalue weighted by Crippen LogP contribution is -2.10. The summed E-state index contributed by atoms with van der Waals surface area (Å²) in [5.41, 5.74) is 2.44. The fraction of sp³-hybridized carbons (Fsp3) is 0.438. The predicted molar refractivity (Wildman–Crippen MR) is 84.6 cm³/mol. The van der Waals surface area contributed by atoms with Crippen LogP contribution in [0.15, 0.2) is 30.6 Å². The molecule has 21 heavy (non-hydrogen) atoms. The molecule has 0 unspecified atom stereocenters. The summed E-state index contributed by atoms with van der Waals surface area (Å²) in [6.07, 6.45) is 7.11. The second-order valence-electron chi connectivity index (χ2n) is 5.34. The Morgan fingerprint density at radius 3 is 2.67 bits per heavy atom. The first-order valence-electron chi connectivity index (χ1n) is 7.61. The fourth-order valence-corrected chi connectivity index (χ4v) is 2.27. The van der Waals surface area contributed by atoms with Crippen LogP contribution in [0.2, 0.25) is 0 Å². The summed E-state index contributed by atoms with van der Waals surface area (Å²) in [5.74, 6) is 2.27. The van der Waals surface area contributed by atoms with Gasteiger partial charge in [0.2, 0.25) is 5.95 Å².